The zero-order valence-corrected chi connectivity index (χ0v) is 24.5. The normalized spacial score (nSPS) is 14.2. The molecule has 5 nitrogen and oxygen atoms in total. The van der Waals surface area contributed by atoms with Gasteiger partial charge in [0.25, 0.3) is 0 Å². The highest BCUT2D eigenvalue weighted by molar-refractivity contribution is 5.66. The Labute approximate surface area is 237 Å². The van der Waals surface area contributed by atoms with Crippen molar-refractivity contribution in [1.29, 1.82) is 5.26 Å². The first-order chi connectivity index (χ1) is 19.0. The van der Waals surface area contributed by atoms with Gasteiger partial charge >= 0.3 is 0 Å². The van der Waals surface area contributed by atoms with Gasteiger partial charge in [-0.05, 0) is 61.6 Å². The summed E-state index contributed by atoms with van der Waals surface area (Å²) in [5, 5.41) is 19.0. The number of terminal acetylenes is 1. The monoisotopic (exact) mass is 525 g/mol. The molecule has 0 saturated carbocycles. The van der Waals surface area contributed by atoms with Crippen molar-refractivity contribution < 1.29 is 0 Å². The van der Waals surface area contributed by atoms with Crippen LogP contribution in [0.25, 0.3) is 0 Å². The second-order valence-electron chi connectivity index (χ2n) is 9.55. The molecule has 1 aromatic heterocycles. The van der Waals surface area contributed by atoms with Gasteiger partial charge in [-0.3, -0.25) is 0 Å². The van der Waals surface area contributed by atoms with Crippen molar-refractivity contribution in [1.82, 2.24) is 10.3 Å². The Bertz CT molecular complexity index is 1060. The number of pyridine rings is 1. The molecular formula is C34H47N5. The number of nitriles is 1. The zero-order valence-electron chi connectivity index (χ0n) is 24.5. The molecule has 39 heavy (non-hydrogen) atoms. The molecule has 1 aliphatic heterocycles. The fourth-order valence-corrected chi connectivity index (χ4v) is 3.75. The molecule has 0 saturated heterocycles. The SMILES string of the molecule is C#CC.CCC(C)C1CNc2cccnc2N1.CCCCNCC(C)c1ccc(C#N)cc1.c1ccccc1. The van der Waals surface area contributed by atoms with Crippen LogP contribution in [0, 0.1) is 29.6 Å². The largest absolute Gasteiger partial charge is 0.380 e. The average molecular weight is 526 g/mol. The van der Waals surface area contributed by atoms with Crippen LogP contribution in [0.15, 0.2) is 79.0 Å². The van der Waals surface area contributed by atoms with E-state index >= 15 is 0 Å². The van der Waals surface area contributed by atoms with E-state index in [0.717, 1.165) is 36.7 Å². The number of hydrogen-bond donors (Lipinski definition) is 3. The van der Waals surface area contributed by atoms with Gasteiger partial charge in [0.15, 0.2) is 0 Å². The summed E-state index contributed by atoms with van der Waals surface area (Å²) in [5.74, 6) is 4.42. The number of aromatic nitrogens is 1. The minimum atomic E-state index is 0.502. The van der Waals surface area contributed by atoms with Gasteiger partial charge in [-0.15, -0.1) is 12.3 Å². The molecule has 0 spiro atoms. The second kappa shape index (κ2) is 21.2. The summed E-state index contributed by atoms with van der Waals surface area (Å²) in [6.45, 7) is 13.6. The van der Waals surface area contributed by atoms with Gasteiger partial charge in [0.2, 0.25) is 0 Å². The summed E-state index contributed by atoms with van der Waals surface area (Å²) in [5.41, 5.74) is 3.14. The highest BCUT2D eigenvalue weighted by Gasteiger charge is 2.21. The summed E-state index contributed by atoms with van der Waals surface area (Å²) >= 11 is 0. The molecule has 208 valence electrons. The van der Waals surface area contributed by atoms with E-state index in [1.54, 1.807) is 6.92 Å². The van der Waals surface area contributed by atoms with Gasteiger partial charge in [0.1, 0.15) is 5.82 Å². The fraction of sp³-hybridized carbons (Fsp3) is 0.412. The molecule has 0 amide bonds. The van der Waals surface area contributed by atoms with E-state index in [1.807, 2.05) is 72.9 Å². The molecule has 5 heteroatoms. The molecule has 3 N–H and O–H groups in total. The number of unbranched alkanes of at least 4 members (excludes halogenated alkanes) is 1. The molecule has 0 radical (unpaired) electrons. The van der Waals surface area contributed by atoms with Crippen molar-refractivity contribution in [2.24, 2.45) is 5.92 Å². The van der Waals surface area contributed by atoms with Gasteiger partial charge in [-0.25, -0.2) is 4.98 Å². The minimum Gasteiger partial charge on any atom is -0.380 e. The number of hydrogen-bond acceptors (Lipinski definition) is 5. The molecule has 1 aliphatic rings. The smallest absolute Gasteiger partial charge is 0.149 e. The summed E-state index contributed by atoms with van der Waals surface area (Å²) in [6, 6.07) is 26.5. The number of anilines is 2. The van der Waals surface area contributed by atoms with Crippen molar-refractivity contribution in [2.45, 2.75) is 65.8 Å². The van der Waals surface area contributed by atoms with E-state index in [1.165, 1.54) is 24.8 Å². The lowest BCUT2D eigenvalue weighted by atomic mass is 9.98. The van der Waals surface area contributed by atoms with Crippen molar-refractivity contribution in [3.63, 3.8) is 0 Å². The first kappa shape index (κ1) is 33.2. The van der Waals surface area contributed by atoms with Crippen LogP contribution in [0.3, 0.4) is 0 Å². The van der Waals surface area contributed by atoms with Crippen LogP contribution in [0.1, 0.15) is 70.9 Å². The van der Waals surface area contributed by atoms with Crippen LogP contribution >= 0.6 is 0 Å². The van der Waals surface area contributed by atoms with Crippen molar-refractivity contribution >= 4 is 11.5 Å². The van der Waals surface area contributed by atoms with Gasteiger partial charge in [0, 0.05) is 25.3 Å². The predicted octanol–water partition coefficient (Wildman–Crippen LogP) is 7.71. The Morgan fingerprint density at radius 3 is 2.18 bits per heavy atom. The van der Waals surface area contributed by atoms with Gasteiger partial charge < -0.3 is 16.0 Å². The van der Waals surface area contributed by atoms with E-state index < -0.39 is 0 Å². The Kier molecular flexibility index (Phi) is 18.0. The Morgan fingerprint density at radius 1 is 1.03 bits per heavy atom. The van der Waals surface area contributed by atoms with Crippen molar-refractivity contribution in [2.75, 3.05) is 30.3 Å². The molecule has 3 aromatic rings. The minimum absolute atomic E-state index is 0.502. The predicted molar refractivity (Wildman–Crippen MR) is 168 cm³/mol. The standard InChI is InChI=1S/C14H20N2.C11H17N3.C6H6.C3H4/c1-3-4-9-16-11-12(2)14-7-5-13(10-15)6-8-14;1-3-8(2)10-7-13-9-5-4-6-12-11(9)14-10;1-2-4-6-5-3-1;1-3-2/h5-8,12,16H,3-4,9,11H2,1-2H3;4-6,8,10,13H,3,7H2,1-2H3,(H,12,14);1-6H;1H,2H3. The molecule has 2 aromatic carbocycles. The van der Waals surface area contributed by atoms with E-state index in [4.69, 9.17) is 5.26 Å². The summed E-state index contributed by atoms with van der Waals surface area (Å²) < 4.78 is 0. The third-order valence-electron chi connectivity index (χ3n) is 6.41. The lowest BCUT2D eigenvalue weighted by Gasteiger charge is -2.31. The van der Waals surface area contributed by atoms with Gasteiger partial charge in [-0.2, -0.15) is 5.26 Å². The molecule has 0 aliphatic carbocycles. The lowest BCUT2D eigenvalue weighted by Crippen LogP contribution is -2.38. The van der Waals surface area contributed by atoms with E-state index in [9.17, 15) is 0 Å². The third kappa shape index (κ3) is 14.1. The number of benzene rings is 2. The van der Waals surface area contributed by atoms with Crippen molar-refractivity contribution in [3.8, 4) is 18.4 Å². The molecule has 3 atom stereocenters. The van der Waals surface area contributed by atoms with E-state index in [0.29, 0.717) is 17.9 Å². The van der Waals surface area contributed by atoms with E-state index in [2.05, 4.69) is 73.1 Å². The summed E-state index contributed by atoms with van der Waals surface area (Å²) in [4.78, 5) is 4.31. The third-order valence-corrected chi connectivity index (χ3v) is 6.41. The topological polar surface area (TPSA) is 72.8 Å². The lowest BCUT2D eigenvalue weighted by molar-refractivity contribution is 0.476. The van der Waals surface area contributed by atoms with Crippen LogP contribution < -0.4 is 16.0 Å². The maximum atomic E-state index is 8.71. The Hall–Kier alpha value is -3.80. The molecule has 0 bridgehead atoms. The van der Waals surface area contributed by atoms with Crippen LogP contribution in [0.5, 0.6) is 0 Å². The van der Waals surface area contributed by atoms with E-state index in [-0.39, 0.29) is 0 Å². The van der Waals surface area contributed by atoms with Crippen LogP contribution in [-0.4, -0.2) is 30.7 Å². The molecule has 4 rings (SSSR count). The summed E-state index contributed by atoms with van der Waals surface area (Å²) in [6.07, 6.45) is 10.1. The number of rotatable bonds is 8. The maximum absolute atomic E-state index is 8.71. The highest BCUT2D eigenvalue weighted by Crippen LogP contribution is 2.25. The first-order valence-electron chi connectivity index (χ1n) is 14.0. The summed E-state index contributed by atoms with van der Waals surface area (Å²) in [7, 11) is 0. The van der Waals surface area contributed by atoms with Gasteiger partial charge in [-0.1, -0.05) is 89.1 Å². The fourth-order valence-electron chi connectivity index (χ4n) is 3.75. The number of nitrogens with one attached hydrogen (secondary N) is 3. The zero-order chi connectivity index (χ0) is 28.7. The maximum Gasteiger partial charge on any atom is 0.149 e. The number of fused-ring (bicyclic) bond motifs is 1. The Morgan fingerprint density at radius 2 is 1.64 bits per heavy atom. The first-order valence-corrected chi connectivity index (χ1v) is 14.0. The second-order valence-corrected chi connectivity index (χ2v) is 9.55. The molecule has 0 fully saturated rings. The Balaban J connectivity index is 0.000000299. The van der Waals surface area contributed by atoms with Crippen LogP contribution in [0.4, 0.5) is 11.5 Å². The molecule has 2 heterocycles. The van der Waals surface area contributed by atoms with Crippen LogP contribution in [0.2, 0.25) is 0 Å². The quantitative estimate of drug-likeness (QED) is 0.207. The van der Waals surface area contributed by atoms with Crippen molar-refractivity contribution in [3.05, 3.63) is 90.1 Å². The van der Waals surface area contributed by atoms with Crippen LogP contribution in [-0.2, 0) is 0 Å². The highest BCUT2D eigenvalue weighted by atomic mass is 15.1. The average Bonchev–Trinajstić information content (AvgIpc) is 3.00. The molecule has 3 unspecified atom stereocenters. The number of nitrogens with zero attached hydrogens (tertiary/aromatic N) is 2. The molecular weight excluding hydrogens is 478 g/mol. The van der Waals surface area contributed by atoms with Gasteiger partial charge in [0.05, 0.1) is 17.3 Å².